The molecule has 8 heteroatoms. The second-order valence-corrected chi connectivity index (χ2v) is 7.77. The lowest BCUT2D eigenvalue weighted by Crippen LogP contribution is -2.15. The predicted octanol–water partition coefficient (Wildman–Crippen LogP) is 5.59. The summed E-state index contributed by atoms with van der Waals surface area (Å²) in [7, 11) is 0. The molecule has 0 radical (unpaired) electrons. The van der Waals surface area contributed by atoms with Crippen molar-refractivity contribution in [1.29, 1.82) is 0 Å². The normalized spacial score (nSPS) is 10.7. The monoisotopic (exact) mass is 465 g/mol. The molecule has 0 atom stereocenters. The molecule has 0 aliphatic carbocycles. The first-order valence-electron chi connectivity index (χ1n) is 9.68. The number of aromatic nitrogens is 3. The summed E-state index contributed by atoms with van der Waals surface area (Å²) in [6.45, 7) is 1.43. The van der Waals surface area contributed by atoms with Gasteiger partial charge in [0.05, 0.1) is 5.69 Å². The van der Waals surface area contributed by atoms with Crippen molar-refractivity contribution in [2.45, 2.75) is 6.92 Å². The van der Waals surface area contributed by atoms with Gasteiger partial charge in [-0.05, 0) is 36.8 Å². The van der Waals surface area contributed by atoms with Crippen LogP contribution in [0.2, 0.25) is 10.0 Å². The van der Waals surface area contributed by atoms with Gasteiger partial charge in [0, 0.05) is 21.2 Å². The average molecular weight is 466 g/mol. The fourth-order valence-electron chi connectivity index (χ4n) is 3.11. The van der Waals surface area contributed by atoms with Crippen molar-refractivity contribution in [2.24, 2.45) is 0 Å². The average Bonchev–Trinajstić information content (AvgIpc) is 3.25. The number of ketones is 1. The van der Waals surface area contributed by atoms with Crippen LogP contribution in [0.4, 0.5) is 0 Å². The van der Waals surface area contributed by atoms with Crippen LogP contribution in [0.3, 0.4) is 0 Å². The molecule has 4 rings (SSSR count). The number of carbonyl (C=O) groups excluding carboxylic acids is 2. The number of benzene rings is 3. The molecule has 0 saturated carbocycles. The third-order valence-electron chi connectivity index (χ3n) is 4.77. The second-order valence-electron chi connectivity index (χ2n) is 6.93. The molecule has 3 aromatic carbocycles. The number of hydrogen-bond donors (Lipinski definition) is 0. The Bertz CT molecular complexity index is 1300. The van der Waals surface area contributed by atoms with Crippen LogP contribution in [0, 0.1) is 6.92 Å². The topological polar surface area (TPSA) is 74.1 Å². The zero-order valence-electron chi connectivity index (χ0n) is 17.0. The van der Waals surface area contributed by atoms with Gasteiger partial charge in [0.1, 0.15) is 0 Å². The minimum atomic E-state index is -0.809. The van der Waals surface area contributed by atoms with E-state index in [9.17, 15) is 9.59 Å². The predicted molar refractivity (Wildman–Crippen MR) is 123 cm³/mol. The van der Waals surface area contributed by atoms with Crippen LogP contribution in [0.1, 0.15) is 26.5 Å². The van der Waals surface area contributed by atoms with E-state index in [1.807, 2.05) is 13.0 Å². The van der Waals surface area contributed by atoms with Gasteiger partial charge < -0.3 is 4.74 Å². The third-order valence-corrected chi connectivity index (χ3v) is 5.41. The van der Waals surface area contributed by atoms with Gasteiger partial charge in [-0.25, -0.2) is 14.5 Å². The smallest absolute Gasteiger partial charge is 0.378 e. The van der Waals surface area contributed by atoms with E-state index in [0.29, 0.717) is 32.7 Å². The molecule has 0 N–H and O–H groups in total. The van der Waals surface area contributed by atoms with Crippen LogP contribution in [0.15, 0.2) is 72.8 Å². The van der Waals surface area contributed by atoms with Crippen LogP contribution in [-0.4, -0.2) is 33.1 Å². The summed E-state index contributed by atoms with van der Waals surface area (Å²) in [5.74, 6) is -0.922. The molecule has 6 nitrogen and oxygen atoms in total. The lowest BCUT2D eigenvalue weighted by atomic mass is 10.1. The Kier molecular flexibility index (Phi) is 6.35. The SMILES string of the molecule is Cc1c(Cl)cccc1-n1nc(C(=O)OCC(=O)c2ccccc2)nc1-c1cccc(Cl)c1. The van der Waals surface area contributed by atoms with E-state index < -0.39 is 12.6 Å². The van der Waals surface area contributed by atoms with Crippen LogP contribution in [0.25, 0.3) is 17.1 Å². The molecule has 0 bridgehead atoms. The zero-order chi connectivity index (χ0) is 22.7. The molecule has 0 saturated heterocycles. The Morgan fingerprint density at radius 3 is 2.47 bits per heavy atom. The maximum Gasteiger partial charge on any atom is 0.378 e. The van der Waals surface area contributed by atoms with Crippen molar-refractivity contribution in [2.75, 3.05) is 6.61 Å². The van der Waals surface area contributed by atoms with Gasteiger partial charge in [0.25, 0.3) is 5.82 Å². The highest BCUT2D eigenvalue weighted by Crippen LogP contribution is 2.28. The molecule has 4 aromatic rings. The van der Waals surface area contributed by atoms with E-state index in [-0.39, 0.29) is 11.6 Å². The number of carbonyl (C=O) groups is 2. The first-order chi connectivity index (χ1) is 15.4. The summed E-state index contributed by atoms with van der Waals surface area (Å²) in [4.78, 5) is 29.3. The van der Waals surface area contributed by atoms with Crippen LogP contribution < -0.4 is 0 Å². The number of esters is 1. The third kappa shape index (κ3) is 4.56. The molecule has 0 amide bonds. The molecule has 0 spiro atoms. The van der Waals surface area contributed by atoms with Gasteiger partial charge in [0.15, 0.2) is 18.2 Å². The Hall–Kier alpha value is -3.48. The highest BCUT2D eigenvalue weighted by Gasteiger charge is 2.22. The molecule has 0 aliphatic heterocycles. The maximum atomic E-state index is 12.7. The summed E-state index contributed by atoms with van der Waals surface area (Å²) in [6.07, 6.45) is 0. The fourth-order valence-corrected chi connectivity index (χ4v) is 3.47. The zero-order valence-corrected chi connectivity index (χ0v) is 18.5. The van der Waals surface area contributed by atoms with Gasteiger partial charge >= 0.3 is 5.97 Å². The van der Waals surface area contributed by atoms with E-state index in [0.717, 1.165) is 5.56 Å². The Morgan fingerprint density at radius 1 is 0.969 bits per heavy atom. The molecule has 160 valence electrons. The van der Waals surface area contributed by atoms with Crippen molar-refractivity contribution < 1.29 is 14.3 Å². The molecule has 1 aromatic heterocycles. The molecule has 0 fully saturated rings. The number of rotatable bonds is 6. The number of halogens is 2. The quantitative estimate of drug-likeness (QED) is 0.274. The summed E-state index contributed by atoms with van der Waals surface area (Å²) < 4.78 is 6.70. The van der Waals surface area contributed by atoms with E-state index in [2.05, 4.69) is 10.1 Å². The van der Waals surface area contributed by atoms with Gasteiger partial charge in [-0.3, -0.25) is 4.79 Å². The largest absolute Gasteiger partial charge is 0.451 e. The van der Waals surface area contributed by atoms with E-state index >= 15 is 0 Å². The van der Waals surface area contributed by atoms with Crippen LogP contribution >= 0.6 is 23.2 Å². The molecular weight excluding hydrogens is 449 g/mol. The lowest BCUT2D eigenvalue weighted by Gasteiger charge is -2.10. The summed E-state index contributed by atoms with van der Waals surface area (Å²) >= 11 is 12.4. The molecule has 32 heavy (non-hydrogen) atoms. The highest BCUT2D eigenvalue weighted by atomic mass is 35.5. The van der Waals surface area contributed by atoms with E-state index in [1.165, 1.54) is 4.68 Å². The fraction of sp³-hybridized carbons (Fsp3) is 0.0833. The van der Waals surface area contributed by atoms with Crippen molar-refractivity contribution >= 4 is 35.0 Å². The molecule has 1 heterocycles. The molecule has 0 unspecified atom stereocenters. The first-order valence-corrected chi connectivity index (χ1v) is 10.4. The van der Waals surface area contributed by atoms with Crippen molar-refractivity contribution in [3.8, 4) is 17.1 Å². The van der Waals surface area contributed by atoms with Crippen LogP contribution in [0.5, 0.6) is 0 Å². The summed E-state index contributed by atoms with van der Waals surface area (Å²) in [6, 6.07) is 21.0. The second kappa shape index (κ2) is 9.34. The van der Waals surface area contributed by atoms with Gasteiger partial charge in [0.2, 0.25) is 0 Å². The van der Waals surface area contributed by atoms with E-state index in [1.54, 1.807) is 66.7 Å². The Balaban J connectivity index is 1.68. The number of ether oxygens (including phenoxy) is 1. The Morgan fingerprint density at radius 2 is 1.72 bits per heavy atom. The molecular formula is C24H17Cl2N3O3. The van der Waals surface area contributed by atoms with Crippen molar-refractivity contribution in [3.63, 3.8) is 0 Å². The number of hydrogen-bond acceptors (Lipinski definition) is 5. The van der Waals surface area contributed by atoms with Crippen molar-refractivity contribution in [3.05, 3.63) is 99.8 Å². The maximum absolute atomic E-state index is 12.7. The first kappa shape index (κ1) is 21.7. The highest BCUT2D eigenvalue weighted by molar-refractivity contribution is 6.31. The van der Waals surface area contributed by atoms with Gasteiger partial charge in [-0.2, -0.15) is 0 Å². The minimum Gasteiger partial charge on any atom is -0.451 e. The number of Topliss-reactive ketones (excluding diaryl/α,β-unsaturated/α-hetero) is 1. The summed E-state index contributed by atoms with van der Waals surface area (Å²) in [5, 5.41) is 5.42. The van der Waals surface area contributed by atoms with Crippen LogP contribution in [-0.2, 0) is 4.74 Å². The molecule has 0 aliphatic rings. The van der Waals surface area contributed by atoms with Crippen molar-refractivity contribution in [1.82, 2.24) is 14.8 Å². The van der Waals surface area contributed by atoms with E-state index in [4.69, 9.17) is 27.9 Å². The minimum absolute atomic E-state index is 0.180. The Labute approximate surface area is 194 Å². The lowest BCUT2D eigenvalue weighted by molar-refractivity contribution is 0.0462. The summed E-state index contributed by atoms with van der Waals surface area (Å²) in [5.41, 5.74) is 2.53. The van der Waals surface area contributed by atoms with Gasteiger partial charge in [-0.1, -0.05) is 71.7 Å². The standard InChI is InChI=1S/C24H17Cl2N3O3/c1-15-19(26)11-6-12-20(15)29-23(17-9-5-10-18(25)13-17)27-22(28-29)24(31)32-14-21(30)16-7-3-2-4-8-16/h2-13H,14H2,1H3. The van der Waals surface area contributed by atoms with Gasteiger partial charge in [-0.15, -0.1) is 5.10 Å². The number of nitrogens with zero attached hydrogens (tertiary/aromatic N) is 3.